The molecule has 22 heavy (non-hydrogen) atoms. The van der Waals surface area contributed by atoms with Gasteiger partial charge in [0.2, 0.25) is 0 Å². The van der Waals surface area contributed by atoms with E-state index in [1.165, 1.54) is 20.0 Å². The van der Waals surface area contributed by atoms with E-state index >= 15 is 0 Å². The fourth-order valence-electron chi connectivity index (χ4n) is 2.31. The van der Waals surface area contributed by atoms with Crippen molar-refractivity contribution in [1.82, 2.24) is 4.90 Å². The van der Waals surface area contributed by atoms with Crippen molar-refractivity contribution >= 4 is 23.3 Å². The van der Waals surface area contributed by atoms with Crippen molar-refractivity contribution in [2.45, 2.75) is 26.2 Å². The minimum atomic E-state index is -0.117. The number of carbonyl (C=O) groups excluding carboxylic acids is 1. The first-order valence-corrected chi connectivity index (χ1v) is 7.94. The van der Waals surface area contributed by atoms with E-state index in [2.05, 4.69) is 12.2 Å². The van der Waals surface area contributed by atoms with Crippen LogP contribution in [0.15, 0.2) is 12.1 Å². The van der Waals surface area contributed by atoms with Crippen LogP contribution in [0.5, 0.6) is 11.5 Å². The molecule has 1 saturated carbocycles. The highest BCUT2D eigenvalue weighted by atomic mass is 35.5. The molecule has 0 bridgehead atoms. The first-order chi connectivity index (χ1) is 10.6. The normalized spacial score (nSPS) is 13.6. The molecule has 0 saturated heterocycles. The number of hydrogen-bond donors (Lipinski definition) is 1. The summed E-state index contributed by atoms with van der Waals surface area (Å²) in [6.45, 7) is 3.62. The van der Waals surface area contributed by atoms with Gasteiger partial charge in [-0.05, 0) is 31.2 Å². The van der Waals surface area contributed by atoms with Gasteiger partial charge in [-0.3, -0.25) is 0 Å². The SMILES string of the molecule is CCCN(CC1CC1)C(=O)Nc1cc(Cl)c(OC)cc1OC. The molecule has 0 aromatic heterocycles. The molecule has 1 aromatic rings. The summed E-state index contributed by atoms with van der Waals surface area (Å²) in [7, 11) is 3.09. The molecule has 0 heterocycles. The maximum absolute atomic E-state index is 12.5. The van der Waals surface area contributed by atoms with E-state index in [9.17, 15) is 4.79 Å². The second kappa shape index (κ2) is 7.58. The summed E-state index contributed by atoms with van der Waals surface area (Å²) in [5.41, 5.74) is 0.551. The number of methoxy groups -OCH3 is 2. The van der Waals surface area contributed by atoms with Crippen molar-refractivity contribution in [2.24, 2.45) is 5.92 Å². The highest BCUT2D eigenvalue weighted by molar-refractivity contribution is 6.32. The van der Waals surface area contributed by atoms with E-state index in [1.54, 1.807) is 19.2 Å². The molecule has 1 aliphatic carbocycles. The summed E-state index contributed by atoms with van der Waals surface area (Å²) in [5, 5.41) is 3.33. The summed E-state index contributed by atoms with van der Waals surface area (Å²) in [5.74, 6) is 1.69. The summed E-state index contributed by atoms with van der Waals surface area (Å²) in [6.07, 6.45) is 3.36. The van der Waals surface area contributed by atoms with Crippen LogP contribution in [-0.4, -0.2) is 38.2 Å². The number of hydrogen-bond acceptors (Lipinski definition) is 3. The van der Waals surface area contributed by atoms with Gasteiger partial charge in [0.25, 0.3) is 0 Å². The minimum Gasteiger partial charge on any atom is -0.495 e. The van der Waals surface area contributed by atoms with Crippen molar-refractivity contribution in [1.29, 1.82) is 0 Å². The molecule has 0 radical (unpaired) electrons. The number of rotatable bonds is 7. The predicted octanol–water partition coefficient (Wildman–Crippen LogP) is 4.01. The first kappa shape index (κ1) is 16.7. The third kappa shape index (κ3) is 4.19. The number of carbonyl (C=O) groups is 1. The van der Waals surface area contributed by atoms with Gasteiger partial charge >= 0.3 is 6.03 Å². The minimum absolute atomic E-state index is 0.117. The molecular weight excluding hydrogens is 304 g/mol. The van der Waals surface area contributed by atoms with Crippen LogP contribution in [0.25, 0.3) is 0 Å². The Labute approximate surface area is 136 Å². The predicted molar refractivity (Wildman–Crippen MR) is 88.2 cm³/mol. The van der Waals surface area contributed by atoms with Gasteiger partial charge in [0.1, 0.15) is 11.5 Å². The fourth-order valence-corrected chi connectivity index (χ4v) is 2.55. The largest absolute Gasteiger partial charge is 0.495 e. The van der Waals surface area contributed by atoms with Crippen molar-refractivity contribution in [3.8, 4) is 11.5 Å². The Morgan fingerprint density at radius 3 is 2.55 bits per heavy atom. The molecule has 6 heteroatoms. The molecule has 0 atom stereocenters. The molecule has 122 valence electrons. The molecule has 1 N–H and O–H groups in total. The Balaban J connectivity index is 2.13. The first-order valence-electron chi connectivity index (χ1n) is 7.56. The molecule has 0 spiro atoms. The van der Waals surface area contributed by atoms with Crippen LogP contribution in [0.2, 0.25) is 5.02 Å². The van der Waals surface area contributed by atoms with E-state index in [0.717, 1.165) is 19.5 Å². The Bertz CT molecular complexity index is 532. The lowest BCUT2D eigenvalue weighted by Crippen LogP contribution is -2.37. The molecule has 1 fully saturated rings. The lowest BCUT2D eigenvalue weighted by Gasteiger charge is -2.23. The van der Waals surface area contributed by atoms with Crippen molar-refractivity contribution < 1.29 is 14.3 Å². The Morgan fingerprint density at radius 2 is 2.00 bits per heavy atom. The summed E-state index contributed by atoms with van der Waals surface area (Å²) < 4.78 is 10.5. The van der Waals surface area contributed by atoms with Crippen molar-refractivity contribution in [2.75, 3.05) is 32.6 Å². The highest BCUT2D eigenvalue weighted by Gasteiger charge is 2.26. The zero-order valence-corrected chi connectivity index (χ0v) is 14.1. The van der Waals surface area contributed by atoms with Crippen LogP contribution in [0.1, 0.15) is 26.2 Å². The van der Waals surface area contributed by atoms with E-state index in [4.69, 9.17) is 21.1 Å². The van der Waals surface area contributed by atoms with E-state index in [1.807, 2.05) is 4.90 Å². The van der Waals surface area contributed by atoms with Gasteiger partial charge in [0.15, 0.2) is 0 Å². The average molecular weight is 327 g/mol. The molecule has 1 aromatic carbocycles. The quantitative estimate of drug-likeness (QED) is 0.823. The lowest BCUT2D eigenvalue weighted by molar-refractivity contribution is 0.209. The Morgan fingerprint density at radius 1 is 1.32 bits per heavy atom. The van der Waals surface area contributed by atoms with E-state index in [-0.39, 0.29) is 6.03 Å². The maximum atomic E-state index is 12.5. The van der Waals surface area contributed by atoms with Gasteiger partial charge in [-0.1, -0.05) is 18.5 Å². The number of nitrogens with zero attached hydrogens (tertiary/aromatic N) is 1. The number of nitrogens with one attached hydrogen (secondary N) is 1. The number of anilines is 1. The Kier molecular flexibility index (Phi) is 5.77. The smallest absolute Gasteiger partial charge is 0.321 e. The topological polar surface area (TPSA) is 50.8 Å². The number of amides is 2. The lowest BCUT2D eigenvalue weighted by atomic mass is 10.2. The fraction of sp³-hybridized carbons (Fsp3) is 0.562. The van der Waals surface area contributed by atoms with Crippen molar-refractivity contribution in [3.63, 3.8) is 0 Å². The van der Waals surface area contributed by atoms with E-state index in [0.29, 0.717) is 28.1 Å². The monoisotopic (exact) mass is 326 g/mol. The van der Waals surface area contributed by atoms with Gasteiger partial charge in [-0.2, -0.15) is 0 Å². The van der Waals surface area contributed by atoms with Crippen LogP contribution >= 0.6 is 11.6 Å². The van der Waals surface area contributed by atoms with Crippen molar-refractivity contribution in [3.05, 3.63) is 17.2 Å². The number of benzene rings is 1. The number of ether oxygens (including phenoxy) is 2. The molecule has 2 rings (SSSR count). The number of urea groups is 1. The summed E-state index contributed by atoms with van der Waals surface area (Å²) >= 11 is 6.13. The van der Waals surface area contributed by atoms with Crippen LogP contribution in [-0.2, 0) is 0 Å². The van der Waals surface area contributed by atoms with Gasteiger partial charge < -0.3 is 19.7 Å². The van der Waals surface area contributed by atoms with Gasteiger partial charge in [0, 0.05) is 19.2 Å². The second-order valence-electron chi connectivity index (χ2n) is 5.51. The van der Waals surface area contributed by atoms with Gasteiger partial charge in [-0.25, -0.2) is 4.79 Å². The van der Waals surface area contributed by atoms with Crippen LogP contribution < -0.4 is 14.8 Å². The van der Waals surface area contributed by atoms with Gasteiger partial charge in [0.05, 0.1) is 24.9 Å². The second-order valence-corrected chi connectivity index (χ2v) is 5.91. The molecule has 0 unspecified atom stereocenters. The zero-order valence-electron chi connectivity index (χ0n) is 13.3. The third-order valence-corrected chi connectivity index (χ3v) is 3.97. The van der Waals surface area contributed by atoms with Crippen LogP contribution in [0, 0.1) is 5.92 Å². The highest BCUT2D eigenvalue weighted by Crippen LogP contribution is 2.36. The van der Waals surface area contributed by atoms with Gasteiger partial charge in [-0.15, -0.1) is 0 Å². The number of halogens is 1. The van der Waals surface area contributed by atoms with Crippen LogP contribution in [0.3, 0.4) is 0 Å². The maximum Gasteiger partial charge on any atom is 0.321 e. The van der Waals surface area contributed by atoms with Crippen LogP contribution in [0.4, 0.5) is 10.5 Å². The molecular formula is C16H23ClN2O3. The molecule has 2 amide bonds. The summed E-state index contributed by atoms with van der Waals surface area (Å²) in [4.78, 5) is 14.3. The Hall–Kier alpha value is -1.62. The molecule has 1 aliphatic rings. The standard InChI is InChI=1S/C16H23ClN2O3/c1-4-7-19(10-11-5-6-11)16(20)18-13-8-12(17)14(21-2)9-15(13)22-3/h8-9,11H,4-7,10H2,1-3H3,(H,18,20). The van der Waals surface area contributed by atoms with E-state index < -0.39 is 0 Å². The zero-order chi connectivity index (χ0) is 16.1. The third-order valence-electron chi connectivity index (χ3n) is 3.67. The molecule has 0 aliphatic heterocycles. The average Bonchev–Trinajstić information content (AvgIpc) is 3.31. The summed E-state index contributed by atoms with van der Waals surface area (Å²) in [6, 6.07) is 3.20. The molecule has 5 nitrogen and oxygen atoms in total.